The molecule has 0 atom stereocenters. The summed E-state index contributed by atoms with van der Waals surface area (Å²) >= 11 is 0. The van der Waals surface area contributed by atoms with Gasteiger partial charge in [0.2, 0.25) is 5.91 Å². The summed E-state index contributed by atoms with van der Waals surface area (Å²) in [6.45, 7) is -2.89. The average Bonchev–Trinajstić information content (AvgIpc) is 2.17. The Morgan fingerprint density at radius 3 is 2.65 bits per heavy atom. The van der Waals surface area contributed by atoms with Gasteiger partial charge in [-0.2, -0.15) is 8.78 Å². The first-order valence-corrected chi connectivity index (χ1v) is 5.51. The number of carbonyl (C=O) groups excluding carboxylic acids is 1. The van der Waals surface area contributed by atoms with Crippen LogP contribution in [0.4, 0.5) is 14.5 Å². The second-order valence-electron chi connectivity index (χ2n) is 3.99. The van der Waals surface area contributed by atoms with E-state index in [0.29, 0.717) is 5.69 Å². The van der Waals surface area contributed by atoms with Gasteiger partial charge in [-0.25, -0.2) is 0 Å². The zero-order valence-corrected chi connectivity index (χ0v) is 9.16. The predicted molar refractivity (Wildman–Crippen MR) is 59.0 cm³/mol. The molecule has 1 N–H and O–H groups in total. The summed E-state index contributed by atoms with van der Waals surface area (Å²) in [5.74, 6) is -0.119. The van der Waals surface area contributed by atoms with Gasteiger partial charge in [0, 0.05) is 5.92 Å². The van der Waals surface area contributed by atoms with Crippen LogP contribution < -0.4 is 10.1 Å². The minimum absolute atomic E-state index is 0.00447. The lowest BCUT2D eigenvalue weighted by molar-refractivity contribution is -0.122. The second-order valence-corrected chi connectivity index (χ2v) is 3.99. The van der Waals surface area contributed by atoms with Crippen LogP contribution in [-0.4, -0.2) is 12.5 Å². The highest BCUT2D eigenvalue weighted by atomic mass is 19.3. The average molecular weight is 241 g/mol. The molecule has 1 amide bonds. The molecular weight excluding hydrogens is 228 g/mol. The summed E-state index contributed by atoms with van der Waals surface area (Å²) in [4.78, 5) is 11.7. The van der Waals surface area contributed by atoms with Crippen LogP contribution in [0, 0.1) is 5.92 Å². The molecule has 1 saturated carbocycles. The van der Waals surface area contributed by atoms with Gasteiger partial charge < -0.3 is 10.1 Å². The summed E-state index contributed by atoms with van der Waals surface area (Å²) in [5.41, 5.74) is 0.296. The van der Waals surface area contributed by atoms with Gasteiger partial charge in [0.15, 0.2) is 0 Å². The third-order valence-corrected chi connectivity index (χ3v) is 2.84. The summed E-state index contributed by atoms with van der Waals surface area (Å²) in [7, 11) is 0. The summed E-state index contributed by atoms with van der Waals surface area (Å²) in [6, 6.07) is 6.20. The molecule has 0 saturated heterocycles. The van der Waals surface area contributed by atoms with E-state index in [0.717, 1.165) is 19.3 Å². The Balaban J connectivity index is 2.05. The number of halogens is 2. The zero-order valence-electron chi connectivity index (χ0n) is 9.16. The van der Waals surface area contributed by atoms with Crippen LogP contribution in [0.5, 0.6) is 5.75 Å². The van der Waals surface area contributed by atoms with Crippen molar-refractivity contribution in [1.29, 1.82) is 0 Å². The van der Waals surface area contributed by atoms with Crippen molar-refractivity contribution in [3.8, 4) is 5.75 Å². The topological polar surface area (TPSA) is 38.3 Å². The van der Waals surface area contributed by atoms with E-state index >= 15 is 0 Å². The number of amides is 1. The fourth-order valence-electron chi connectivity index (χ4n) is 1.67. The first-order chi connectivity index (χ1) is 8.16. The molecule has 0 aromatic heterocycles. The SMILES string of the molecule is O=C(Nc1ccccc1OC(F)F)C1CCC1. The molecule has 3 nitrogen and oxygen atoms in total. The third kappa shape index (κ3) is 2.93. The van der Waals surface area contributed by atoms with Crippen molar-refractivity contribution in [2.24, 2.45) is 5.92 Å². The molecule has 1 aliphatic carbocycles. The maximum atomic E-state index is 12.1. The van der Waals surface area contributed by atoms with Gasteiger partial charge in [-0.3, -0.25) is 4.79 Å². The Bertz CT molecular complexity index is 405. The number of benzene rings is 1. The van der Waals surface area contributed by atoms with Crippen LogP contribution in [0.3, 0.4) is 0 Å². The lowest BCUT2D eigenvalue weighted by Crippen LogP contribution is -2.28. The summed E-state index contributed by atoms with van der Waals surface area (Å²) in [5, 5.41) is 2.62. The number of nitrogens with one attached hydrogen (secondary N) is 1. The van der Waals surface area contributed by atoms with Gasteiger partial charge in [-0.15, -0.1) is 0 Å². The fourth-order valence-corrected chi connectivity index (χ4v) is 1.67. The Kier molecular flexibility index (Phi) is 3.56. The predicted octanol–water partition coefficient (Wildman–Crippen LogP) is 3.03. The molecule has 0 unspecified atom stereocenters. The first kappa shape index (κ1) is 11.8. The summed E-state index contributed by atoms with van der Waals surface area (Å²) < 4.78 is 28.6. The van der Waals surface area contributed by atoms with Crippen molar-refractivity contribution < 1.29 is 18.3 Å². The molecular formula is C12H13F2NO2. The number of para-hydroxylation sites is 2. The van der Waals surface area contributed by atoms with Crippen LogP contribution in [-0.2, 0) is 4.79 Å². The number of carbonyl (C=O) groups is 1. The van der Waals surface area contributed by atoms with Crippen LogP contribution in [0.25, 0.3) is 0 Å². The van der Waals surface area contributed by atoms with Crippen molar-refractivity contribution in [3.05, 3.63) is 24.3 Å². The number of anilines is 1. The van der Waals surface area contributed by atoms with Gasteiger partial charge >= 0.3 is 6.61 Å². The lowest BCUT2D eigenvalue weighted by Gasteiger charge is -2.24. The molecule has 0 bridgehead atoms. The Morgan fingerprint density at radius 1 is 1.35 bits per heavy atom. The number of hydrogen-bond donors (Lipinski definition) is 1. The van der Waals surface area contributed by atoms with E-state index in [1.807, 2.05) is 0 Å². The molecule has 0 spiro atoms. The van der Waals surface area contributed by atoms with Gasteiger partial charge in [0.05, 0.1) is 5.69 Å². The highest BCUT2D eigenvalue weighted by molar-refractivity contribution is 5.94. The molecule has 1 fully saturated rings. The normalized spacial score (nSPS) is 15.5. The Labute approximate surface area is 97.8 Å². The molecule has 1 aromatic rings. The van der Waals surface area contributed by atoms with Crippen molar-refractivity contribution in [2.45, 2.75) is 25.9 Å². The third-order valence-electron chi connectivity index (χ3n) is 2.84. The minimum Gasteiger partial charge on any atom is -0.433 e. The number of hydrogen-bond acceptors (Lipinski definition) is 2. The lowest BCUT2D eigenvalue weighted by atomic mass is 9.85. The standard InChI is InChI=1S/C12H13F2NO2/c13-12(14)17-10-7-2-1-6-9(10)15-11(16)8-4-3-5-8/h1-2,6-8,12H,3-5H2,(H,15,16). The van der Waals surface area contributed by atoms with Gasteiger partial charge in [-0.05, 0) is 25.0 Å². The number of ether oxygens (including phenoxy) is 1. The van der Waals surface area contributed by atoms with Crippen molar-refractivity contribution in [3.63, 3.8) is 0 Å². The van der Waals surface area contributed by atoms with Crippen molar-refractivity contribution in [1.82, 2.24) is 0 Å². The first-order valence-electron chi connectivity index (χ1n) is 5.51. The van der Waals surface area contributed by atoms with E-state index in [4.69, 9.17) is 0 Å². The highest BCUT2D eigenvalue weighted by Gasteiger charge is 2.25. The van der Waals surface area contributed by atoms with Crippen LogP contribution in [0.1, 0.15) is 19.3 Å². The monoisotopic (exact) mass is 241 g/mol. The Hall–Kier alpha value is -1.65. The van der Waals surface area contributed by atoms with Crippen LogP contribution in [0.2, 0.25) is 0 Å². The number of alkyl halides is 2. The van der Waals surface area contributed by atoms with Crippen LogP contribution in [0.15, 0.2) is 24.3 Å². The van der Waals surface area contributed by atoms with E-state index in [-0.39, 0.29) is 17.6 Å². The van der Waals surface area contributed by atoms with Crippen molar-refractivity contribution >= 4 is 11.6 Å². The molecule has 0 radical (unpaired) electrons. The smallest absolute Gasteiger partial charge is 0.387 e. The van der Waals surface area contributed by atoms with Crippen molar-refractivity contribution in [2.75, 3.05) is 5.32 Å². The number of rotatable bonds is 4. The minimum atomic E-state index is -2.89. The summed E-state index contributed by atoms with van der Waals surface area (Å²) in [6.07, 6.45) is 2.78. The largest absolute Gasteiger partial charge is 0.433 e. The highest BCUT2D eigenvalue weighted by Crippen LogP contribution is 2.30. The Morgan fingerprint density at radius 2 is 2.06 bits per heavy atom. The molecule has 92 valence electrons. The molecule has 17 heavy (non-hydrogen) atoms. The van der Waals surface area contributed by atoms with Gasteiger partial charge in [0.25, 0.3) is 0 Å². The van der Waals surface area contributed by atoms with E-state index in [9.17, 15) is 13.6 Å². The van der Waals surface area contributed by atoms with Gasteiger partial charge in [-0.1, -0.05) is 18.6 Å². The van der Waals surface area contributed by atoms with E-state index in [1.54, 1.807) is 18.2 Å². The molecule has 5 heteroatoms. The molecule has 1 aromatic carbocycles. The van der Waals surface area contributed by atoms with E-state index < -0.39 is 6.61 Å². The van der Waals surface area contributed by atoms with E-state index in [2.05, 4.69) is 10.1 Å². The molecule has 0 aliphatic heterocycles. The molecule has 2 rings (SSSR count). The van der Waals surface area contributed by atoms with Gasteiger partial charge in [0.1, 0.15) is 5.75 Å². The maximum absolute atomic E-state index is 12.1. The zero-order chi connectivity index (χ0) is 12.3. The second kappa shape index (κ2) is 5.12. The van der Waals surface area contributed by atoms with Crippen LogP contribution >= 0.6 is 0 Å². The molecule has 0 heterocycles. The molecule has 1 aliphatic rings. The fraction of sp³-hybridized carbons (Fsp3) is 0.417. The van der Waals surface area contributed by atoms with E-state index in [1.165, 1.54) is 6.07 Å². The quantitative estimate of drug-likeness (QED) is 0.879. The maximum Gasteiger partial charge on any atom is 0.387 e.